The van der Waals surface area contributed by atoms with Crippen molar-refractivity contribution in [3.8, 4) is 0 Å². The Morgan fingerprint density at radius 1 is 1.18 bits per heavy atom. The van der Waals surface area contributed by atoms with E-state index in [0.717, 1.165) is 36.3 Å². The Morgan fingerprint density at radius 2 is 1.73 bits per heavy atom. The summed E-state index contributed by atoms with van der Waals surface area (Å²) in [6.07, 6.45) is 5.46. The highest BCUT2D eigenvalue weighted by molar-refractivity contribution is 6.30. The van der Waals surface area contributed by atoms with Crippen LogP contribution in [0.5, 0.6) is 0 Å². The average Bonchev–Trinajstić information content (AvgIpc) is 2.47. The minimum absolute atomic E-state index is 0. The quantitative estimate of drug-likeness (QED) is 0.866. The van der Waals surface area contributed by atoms with Gasteiger partial charge in [-0.15, -0.1) is 12.4 Å². The minimum atomic E-state index is -0.261. The monoisotopic (exact) mass is 344 g/mol. The number of halogens is 2. The zero-order chi connectivity index (χ0) is 15.5. The molecule has 1 amide bonds. The third-order valence-electron chi connectivity index (χ3n) is 4.67. The molecule has 5 heteroatoms. The molecule has 1 fully saturated rings. The van der Waals surface area contributed by atoms with Gasteiger partial charge in [-0.25, -0.2) is 0 Å². The second-order valence-corrected chi connectivity index (χ2v) is 6.72. The van der Waals surface area contributed by atoms with E-state index >= 15 is 0 Å². The van der Waals surface area contributed by atoms with Crippen molar-refractivity contribution in [3.63, 3.8) is 0 Å². The summed E-state index contributed by atoms with van der Waals surface area (Å²) in [7, 11) is 0. The molecule has 2 atom stereocenters. The van der Waals surface area contributed by atoms with Crippen molar-refractivity contribution in [2.24, 2.45) is 11.7 Å². The number of carbonyl (C=O) groups is 1. The van der Waals surface area contributed by atoms with Gasteiger partial charge in [0.1, 0.15) is 0 Å². The largest absolute Gasteiger partial charge is 0.346 e. The zero-order valence-electron chi connectivity index (χ0n) is 13.3. The number of nitrogens with one attached hydrogen (secondary N) is 1. The van der Waals surface area contributed by atoms with Crippen molar-refractivity contribution in [1.29, 1.82) is 0 Å². The summed E-state index contributed by atoms with van der Waals surface area (Å²) in [6.45, 7) is 3.76. The van der Waals surface area contributed by atoms with E-state index in [2.05, 4.69) is 5.32 Å². The molecular weight excluding hydrogens is 319 g/mol. The Balaban J connectivity index is 0.00000242. The summed E-state index contributed by atoms with van der Waals surface area (Å²) in [6, 6.07) is 7.72. The lowest BCUT2D eigenvalue weighted by Gasteiger charge is -2.39. The minimum Gasteiger partial charge on any atom is -0.346 e. The number of amides is 1. The van der Waals surface area contributed by atoms with Gasteiger partial charge in [0.15, 0.2) is 0 Å². The van der Waals surface area contributed by atoms with Gasteiger partial charge in [0.05, 0.1) is 5.54 Å². The molecule has 0 aromatic heterocycles. The van der Waals surface area contributed by atoms with Gasteiger partial charge in [-0.3, -0.25) is 4.79 Å². The van der Waals surface area contributed by atoms with Crippen LogP contribution in [0.15, 0.2) is 24.3 Å². The first-order valence-electron chi connectivity index (χ1n) is 7.78. The predicted molar refractivity (Wildman–Crippen MR) is 94.4 cm³/mol. The SMILES string of the molecule is CC(N)C(C)C(=O)NC1(c2ccc(Cl)cc2)CCCCC1.Cl. The van der Waals surface area contributed by atoms with Gasteiger partial charge in [-0.2, -0.15) is 0 Å². The number of benzene rings is 1. The highest BCUT2D eigenvalue weighted by Crippen LogP contribution is 2.37. The number of carbonyl (C=O) groups excluding carboxylic acids is 1. The number of hydrogen-bond donors (Lipinski definition) is 2. The summed E-state index contributed by atoms with van der Waals surface area (Å²) in [4.78, 5) is 12.5. The molecule has 124 valence electrons. The highest BCUT2D eigenvalue weighted by atomic mass is 35.5. The van der Waals surface area contributed by atoms with Crippen molar-refractivity contribution >= 4 is 29.9 Å². The standard InChI is InChI=1S/C17H25ClN2O.ClH/c1-12(13(2)19)16(21)20-17(10-4-3-5-11-17)14-6-8-15(18)9-7-14;/h6-9,12-13H,3-5,10-11,19H2,1-2H3,(H,20,21);1H. The van der Waals surface area contributed by atoms with Crippen molar-refractivity contribution in [2.75, 3.05) is 0 Å². The van der Waals surface area contributed by atoms with E-state index in [1.54, 1.807) is 0 Å². The van der Waals surface area contributed by atoms with Gasteiger partial charge in [0, 0.05) is 17.0 Å². The second kappa shape index (κ2) is 8.19. The molecule has 0 heterocycles. The molecule has 1 aromatic carbocycles. The van der Waals surface area contributed by atoms with Gasteiger partial charge in [0.25, 0.3) is 0 Å². The zero-order valence-corrected chi connectivity index (χ0v) is 14.8. The van der Waals surface area contributed by atoms with E-state index in [1.807, 2.05) is 38.1 Å². The average molecular weight is 345 g/mol. The molecule has 1 aromatic rings. The molecule has 3 N–H and O–H groups in total. The molecular formula is C17H26Cl2N2O. The molecule has 3 nitrogen and oxygen atoms in total. The maximum absolute atomic E-state index is 12.5. The first kappa shape index (κ1) is 19.3. The maximum atomic E-state index is 12.5. The fraction of sp³-hybridized carbons (Fsp3) is 0.588. The summed E-state index contributed by atoms with van der Waals surface area (Å²) in [5.74, 6) is -0.141. The Morgan fingerprint density at radius 3 is 2.23 bits per heavy atom. The number of rotatable bonds is 4. The van der Waals surface area contributed by atoms with E-state index in [4.69, 9.17) is 17.3 Å². The van der Waals surface area contributed by atoms with Crippen molar-refractivity contribution in [3.05, 3.63) is 34.9 Å². The Labute approximate surface area is 144 Å². The third kappa shape index (κ3) is 4.37. The Hall–Kier alpha value is -0.770. The normalized spacial score (nSPS) is 19.6. The first-order chi connectivity index (χ1) is 9.94. The molecule has 0 spiro atoms. The van der Waals surface area contributed by atoms with Crippen LogP contribution in [0, 0.1) is 5.92 Å². The van der Waals surface area contributed by atoms with Gasteiger partial charge in [0.2, 0.25) is 5.91 Å². The van der Waals surface area contributed by atoms with Crippen molar-refractivity contribution in [1.82, 2.24) is 5.32 Å². The first-order valence-corrected chi connectivity index (χ1v) is 8.16. The third-order valence-corrected chi connectivity index (χ3v) is 4.92. The fourth-order valence-corrected chi connectivity index (χ4v) is 3.12. The van der Waals surface area contributed by atoms with Crippen LogP contribution in [0.4, 0.5) is 0 Å². The van der Waals surface area contributed by atoms with Crippen LogP contribution in [0.2, 0.25) is 5.02 Å². The summed E-state index contributed by atoms with van der Waals surface area (Å²) >= 11 is 5.99. The fourth-order valence-electron chi connectivity index (χ4n) is 3.00. The molecule has 0 bridgehead atoms. The van der Waals surface area contributed by atoms with Gasteiger partial charge < -0.3 is 11.1 Å². The maximum Gasteiger partial charge on any atom is 0.225 e. The summed E-state index contributed by atoms with van der Waals surface area (Å²) in [5.41, 5.74) is 6.75. The number of nitrogens with two attached hydrogens (primary N) is 1. The molecule has 1 aliphatic rings. The van der Waals surface area contributed by atoms with E-state index in [1.165, 1.54) is 6.42 Å². The van der Waals surface area contributed by atoms with Crippen LogP contribution >= 0.6 is 24.0 Å². The van der Waals surface area contributed by atoms with Gasteiger partial charge in [-0.05, 0) is 37.5 Å². The Bertz CT molecular complexity index is 482. The molecule has 1 aliphatic carbocycles. The van der Waals surface area contributed by atoms with Crippen LogP contribution in [0.25, 0.3) is 0 Å². The van der Waals surface area contributed by atoms with Crippen LogP contribution in [0.1, 0.15) is 51.5 Å². The van der Waals surface area contributed by atoms with E-state index in [0.29, 0.717) is 0 Å². The van der Waals surface area contributed by atoms with Gasteiger partial charge in [-0.1, -0.05) is 49.9 Å². The lowest BCUT2D eigenvalue weighted by molar-refractivity contribution is -0.127. The second-order valence-electron chi connectivity index (χ2n) is 6.29. The summed E-state index contributed by atoms with van der Waals surface area (Å²) in [5, 5.41) is 4.01. The van der Waals surface area contributed by atoms with E-state index in [-0.39, 0.29) is 35.8 Å². The molecule has 2 unspecified atom stereocenters. The smallest absolute Gasteiger partial charge is 0.225 e. The number of hydrogen-bond acceptors (Lipinski definition) is 2. The topological polar surface area (TPSA) is 55.1 Å². The lowest BCUT2D eigenvalue weighted by Crippen LogP contribution is -2.51. The molecule has 1 saturated carbocycles. The summed E-state index contributed by atoms with van der Waals surface area (Å²) < 4.78 is 0. The van der Waals surface area contributed by atoms with Crippen molar-refractivity contribution < 1.29 is 4.79 Å². The van der Waals surface area contributed by atoms with E-state index < -0.39 is 0 Å². The van der Waals surface area contributed by atoms with Crippen LogP contribution in [-0.4, -0.2) is 11.9 Å². The van der Waals surface area contributed by atoms with Crippen molar-refractivity contribution in [2.45, 2.75) is 57.5 Å². The molecule has 0 radical (unpaired) electrons. The molecule has 0 saturated heterocycles. The van der Waals surface area contributed by atoms with Crippen LogP contribution in [-0.2, 0) is 10.3 Å². The van der Waals surface area contributed by atoms with E-state index in [9.17, 15) is 4.79 Å². The highest BCUT2D eigenvalue weighted by Gasteiger charge is 2.36. The van der Waals surface area contributed by atoms with Crippen LogP contribution < -0.4 is 11.1 Å². The Kier molecular flexibility index (Phi) is 7.17. The van der Waals surface area contributed by atoms with Gasteiger partial charge >= 0.3 is 0 Å². The molecule has 0 aliphatic heterocycles. The van der Waals surface area contributed by atoms with Crippen LogP contribution in [0.3, 0.4) is 0 Å². The predicted octanol–water partition coefficient (Wildman–Crippen LogP) is 4.02. The molecule has 22 heavy (non-hydrogen) atoms. The molecule has 2 rings (SSSR count). The lowest BCUT2D eigenvalue weighted by atomic mass is 9.76.